The van der Waals surface area contributed by atoms with Crippen LogP contribution in [-0.4, -0.2) is 59.0 Å². The van der Waals surface area contributed by atoms with Crippen molar-refractivity contribution in [1.29, 1.82) is 0 Å². The van der Waals surface area contributed by atoms with E-state index in [1.807, 2.05) is 42.2 Å². The molecule has 0 aliphatic carbocycles. The summed E-state index contributed by atoms with van der Waals surface area (Å²) in [5, 5.41) is 9.16. The number of morpholine rings is 1. The Balaban J connectivity index is 1.45. The fraction of sp³-hybridized carbons (Fsp3) is 0.517. The van der Waals surface area contributed by atoms with Crippen LogP contribution in [0.15, 0.2) is 54.7 Å². The predicted octanol–water partition coefficient (Wildman–Crippen LogP) is 6.27. The number of likely N-dealkylation sites (tertiary alicyclic amines) is 1. The maximum atomic E-state index is 13.5. The SMILES string of the molecule is C[C@@H](O[C@H]1OCCN(c2cnn(CCN3CCCC3)n2)[C@@]1(C)c1ccccc1)c1cc(C(F)(F)F)cc(C(F)(F)F)c1. The lowest BCUT2D eigenvalue weighted by molar-refractivity contribution is -0.217. The van der Waals surface area contributed by atoms with Crippen molar-refractivity contribution in [2.24, 2.45) is 0 Å². The zero-order valence-corrected chi connectivity index (χ0v) is 23.3. The maximum Gasteiger partial charge on any atom is 0.416 e. The van der Waals surface area contributed by atoms with Crippen LogP contribution in [0.2, 0.25) is 0 Å². The third-order valence-corrected chi connectivity index (χ3v) is 7.98. The molecule has 13 heteroatoms. The number of rotatable bonds is 8. The molecule has 0 bridgehead atoms. The Labute approximate surface area is 240 Å². The Morgan fingerprint density at radius 2 is 1.60 bits per heavy atom. The lowest BCUT2D eigenvalue weighted by atomic mass is 9.87. The van der Waals surface area contributed by atoms with Crippen LogP contribution in [0.25, 0.3) is 0 Å². The second-order valence-corrected chi connectivity index (χ2v) is 10.8. The van der Waals surface area contributed by atoms with Gasteiger partial charge in [-0.25, -0.2) is 0 Å². The van der Waals surface area contributed by atoms with Crippen LogP contribution in [-0.2, 0) is 33.9 Å². The number of benzene rings is 2. The van der Waals surface area contributed by atoms with Crippen molar-refractivity contribution in [3.05, 3.63) is 77.0 Å². The topological polar surface area (TPSA) is 55.7 Å². The summed E-state index contributed by atoms with van der Waals surface area (Å²) in [4.78, 5) is 5.96. The number of alkyl halides is 6. The van der Waals surface area contributed by atoms with Crippen molar-refractivity contribution < 1.29 is 35.8 Å². The molecular weight excluding hydrogens is 564 g/mol. The summed E-state index contributed by atoms with van der Waals surface area (Å²) in [6.07, 6.45) is -8.16. The molecule has 2 aliphatic rings. The molecule has 3 atom stereocenters. The molecule has 0 saturated carbocycles. The Morgan fingerprint density at radius 3 is 2.21 bits per heavy atom. The summed E-state index contributed by atoms with van der Waals surface area (Å²) in [5.74, 6) is 0.561. The van der Waals surface area contributed by atoms with Gasteiger partial charge in [0.1, 0.15) is 5.54 Å². The van der Waals surface area contributed by atoms with Crippen LogP contribution in [0, 0.1) is 0 Å². The molecule has 0 unspecified atom stereocenters. The Bertz CT molecular complexity index is 1310. The number of ether oxygens (including phenoxy) is 2. The Hall–Kier alpha value is -3.16. The summed E-state index contributed by atoms with van der Waals surface area (Å²) in [6.45, 7) is 7.42. The van der Waals surface area contributed by atoms with Crippen LogP contribution >= 0.6 is 0 Å². The van der Waals surface area contributed by atoms with Gasteiger partial charge < -0.3 is 19.3 Å². The predicted molar refractivity (Wildman–Crippen MR) is 143 cm³/mol. The van der Waals surface area contributed by atoms with Gasteiger partial charge in [0, 0.05) is 13.1 Å². The zero-order valence-electron chi connectivity index (χ0n) is 23.3. The van der Waals surface area contributed by atoms with Gasteiger partial charge in [-0.15, -0.1) is 5.10 Å². The van der Waals surface area contributed by atoms with Crippen LogP contribution in [0.4, 0.5) is 32.2 Å². The van der Waals surface area contributed by atoms with Gasteiger partial charge in [0.2, 0.25) is 0 Å². The van der Waals surface area contributed by atoms with E-state index in [1.165, 1.54) is 19.8 Å². The van der Waals surface area contributed by atoms with Gasteiger partial charge in [-0.3, -0.25) is 0 Å². The Morgan fingerprint density at radius 1 is 0.952 bits per heavy atom. The molecule has 42 heavy (non-hydrogen) atoms. The summed E-state index contributed by atoms with van der Waals surface area (Å²) >= 11 is 0. The van der Waals surface area contributed by atoms with Crippen LogP contribution in [0.1, 0.15) is 55.0 Å². The fourth-order valence-corrected chi connectivity index (χ4v) is 5.60. The molecule has 5 rings (SSSR count). The fourth-order valence-electron chi connectivity index (χ4n) is 5.60. The molecule has 228 valence electrons. The van der Waals surface area contributed by atoms with E-state index in [0.717, 1.165) is 25.2 Å². The van der Waals surface area contributed by atoms with Gasteiger partial charge in [0.25, 0.3) is 0 Å². The van der Waals surface area contributed by atoms with Crippen molar-refractivity contribution in [1.82, 2.24) is 19.9 Å². The van der Waals surface area contributed by atoms with Crippen molar-refractivity contribution in [2.45, 2.75) is 63.5 Å². The monoisotopic (exact) mass is 597 g/mol. The highest BCUT2D eigenvalue weighted by Crippen LogP contribution is 2.43. The van der Waals surface area contributed by atoms with E-state index in [9.17, 15) is 26.3 Å². The second kappa shape index (κ2) is 11.8. The largest absolute Gasteiger partial charge is 0.416 e. The summed E-state index contributed by atoms with van der Waals surface area (Å²) in [5.41, 5.74) is -3.33. The molecule has 2 fully saturated rings. The van der Waals surface area contributed by atoms with Crippen molar-refractivity contribution in [3.8, 4) is 0 Å². The first-order chi connectivity index (χ1) is 19.9. The minimum atomic E-state index is -4.97. The van der Waals surface area contributed by atoms with Crippen LogP contribution < -0.4 is 4.90 Å². The molecular formula is C29H33F6N5O2. The molecule has 0 radical (unpaired) electrons. The number of hydrogen-bond acceptors (Lipinski definition) is 6. The molecule has 1 aromatic heterocycles. The third kappa shape index (κ3) is 6.42. The molecule has 3 aromatic rings. The van der Waals surface area contributed by atoms with Crippen molar-refractivity contribution in [3.63, 3.8) is 0 Å². The molecule has 0 amide bonds. The van der Waals surface area contributed by atoms with E-state index in [1.54, 1.807) is 11.0 Å². The molecule has 0 N–H and O–H groups in total. The zero-order chi connectivity index (χ0) is 30.1. The van der Waals surface area contributed by atoms with E-state index in [-0.39, 0.29) is 18.2 Å². The average molecular weight is 598 g/mol. The number of aromatic nitrogens is 3. The number of hydrogen-bond donors (Lipinski definition) is 0. The lowest BCUT2D eigenvalue weighted by Crippen LogP contribution is -2.59. The normalized spacial score (nSPS) is 23.0. The van der Waals surface area contributed by atoms with Crippen LogP contribution in [0.3, 0.4) is 0 Å². The van der Waals surface area contributed by atoms with Gasteiger partial charge in [-0.1, -0.05) is 30.3 Å². The third-order valence-electron chi connectivity index (χ3n) is 7.98. The molecule has 3 heterocycles. The number of nitrogens with zero attached hydrogens (tertiary/aromatic N) is 5. The Kier molecular flexibility index (Phi) is 8.55. The minimum absolute atomic E-state index is 0.107. The van der Waals surface area contributed by atoms with E-state index in [0.29, 0.717) is 31.0 Å². The number of anilines is 1. The highest BCUT2D eigenvalue weighted by Gasteiger charge is 2.48. The quantitative estimate of drug-likeness (QED) is 0.286. The van der Waals surface area contributed by atoms with Gasteiger partial charge in [0.15, 0.2) is 12.1 Å². The standard InChI is InChI=1S/C29H33F6N5O2/c1-20(21-16-23(28(30,31)32)18-24(17-21)29(33,34)35)42-26-27(2,22-8-4-3-5-9-22)39(14-15-41-26)25-19-36-40(37-25)13-12-38-10-6-7-11-38/h3-5,8-9,16-20,26H,6-7,10-15H2,1-2H3/t20-,26-,27+/m1/s1. The van der Waals surface area contributed by atoms with Gasteiger partial charge in [0.05, 0.1) is 36.6 Å². The van der Waals surface area contributed by atoms with E-state index in [2.05, 4.69) is 10.00 Å². The van der Waals surface area contributed by atoms with Crippen LogP contribution in [0.5, 0.6) is 0 Å². The van der Waals surface area contributed by atoms with Gasteiger partial charge in [-0.2, -0.15) is 36.2 Å². The second-order valence-electron chi connectivity index (χ2n) is 10.8. The molecule has 7 nitrogen and oxygen atoms in total. The summed E-state index contributed by atoms with van der Waals surface area (Å²) < 4.78 is 93.4. The maximum absolute atomic E-state index is 13.5. The lowest BCUT2D eigenvalue weighted by Gasteiger charge is -2.50. The summed E-state index contributed by atoms with van der Waals surface area (Å²) in [7, 11) is 0. The van der Waals surface area contributed by atoms with E-state index >= 15 is 0 Å². The molecule has 2 aliphatic heterocycles. The average Bonchev–Trinajstić information content (AvgIpc) is 3.65. The molecule has 2 saturated heterocycles. The van der Waals surface area contributed by atoms with E-state index in [4.69, 9.17) is 14.6 Å². The van der Waals surface area contributed by atoms with Gasteiger partial charge in [-0.05, 0) is 69.1 Å². The van der Waals surface area contributed by atoms with E-state index < -0.39 is 41.4 Å². The number of halogens is 6. The highest BCUT2D eigenvalue weighted by atomic mass is 19.4. The first-order valence-corrected chi connectivity index (χ1v) is 13.9. The molecule has 2 aromatic carbocycles. The first-order valence-electron chi connectivity index (χ1n) is 13.9. The van der Waals surface area contributed by atoms with Crippen molar-refractivity contribution >= 4 is 5.82 Å². The summed E-state index contributed by atoms with van der Waals surface area (Å²) in [6, 6.07) is 10.7. The highest BCUT2D eigenvalue weighted by molar-refractivity contribution is 5.45. The smallest absolute Gasteiger partial charge is 0.348 e. The van der Waals surface area contributed by atoms with Gasteiger partial charge >= 0.3 is 12.4 Å². The molecule has 0 spiro atoms. The first kappa shape index (κ1) is 30.3. The minimum Gasteiger partial charge on any atom is -0.348 e. The van der Waals surface area contributed by atoms with Crippen molar-refractivity contribution in [2.75, 3.05) is 37.7 Å².